The molecule has 1 aromatic carbocycles. The second-order valence-electron chi connectivity index (χ2n) is 4.56. The van der Waals surface area contributed by atoms with E-state index in [4.69, 9.17) is 0 Å². The van der Waals surface area contributed by atoms with E-state index in [0.717, 1.165) is 16.6 Å². The largest absolute Gasteiger partial charge is 0.342 e. The van der Waals surface area contributed by atoms with Gasteiger partial charge in [-0.2, -0.15) is 0 Å². The Labute approximate surface area is 108 Å². The predicted molar refractivity (Wildman–Crippen MR) is 71.9 cm³/mol. The van der Waals surface area contributed by atoms with Gasteiger partial charge in [-0.15, -0.1) is 0 Å². The molecule has 6 nitrogen and oxygen atoms in total. The molecule has 3 rings (SSSR count). The summed E-state index contributed by atoms with van der Waals surface area (Å²) in [6, 6.07) is 7.44. The van der Waals surface area contributed by atoms with E-state index in [1.165, 1.54) is 12.3 Å². The second kappa shape index (κ2) is 3.94. The average Bonchev–Trinajstić information content (AvgIpc) is 2.91. The molecule has 96 valence electrons. The maximum atomic E-state index is 10.8. The van der Waals surface area contributed by atoms with Gasteiger partial charge in [0.15, 0.2) is 5.82 Å². The van der Waals surface area contributed by atoms with Crippen molar-refractivity contribution in [3.63, 3.8) is 0 Å². The number of fused-ring (bicyclic) bond motifs is 1. The molecule has 0 aliphatic carbocycles. The topological polar surface area (TPSA) is 76.8 Å². The third-order valence-corrected chi connectivity index (χ3v) is 3.08. The molecule has 3 aromatic rings. The molecule has 0 amide bonds. The molecule has 19 heavy (non-hydrogen) atoms. The molecular weight excluding hydrogens is 244 g/mol. The summed E-state index contributed by atoms with van der Waals surface area (Å²) >= 11 is 0. The number of hydrogen-bond acceptors (Lipinski definition) is 3. The van der Waals surface area contributed by atoms with Crippen LogP contribution in [0.5, 0.6) is 0 Å². The van der Waals surface area contributed by atoms with E-state index < -0.39 is 4.92 Å². The number of aromatic amines is 1. The maximum absolute atomic E-state index is 10.8. The summed E-state index contributed by atoms with van der Waals surface area (Å²) in [7, 11) is 1.76. The molecule has 0 spiro atoms. The lowest BCUT2D eigenvalue weighted by atomic mass is 10.2. The van der Waals surface area contributed by atoms with Crippen LogP contribution in [0.15, 0.2) is 30.5 Å². The van der Waals surface area contributed by atoms with Crippen molar-refractivity contribution in [2.75, 3.05) is 0 Å². The number of benzene rings is 1. The lowest BCUT2D eigenvalue weighted by Gasteiger charge is -1.96. The molecule has 0 bridgehead atoms. The normalized spacial score (nSPS) is 11.1. The van der Waals surface area contributed by atoms with Gasteiger partial charge in [0.05, 0.1) is 27.8 Å². The highest BCUT2D eigenvalue weighted by atomic mass is 16.6. The smallest absolute Gasteiger partial charge is 0.287 e. The molecule has 0 saturated carbocycles. The van der Waals surface area contributed by atoms with Crippen molar-refractivity contribution < 1.29 is 4.92 Å². The zero-order chi connectivity index (χ0) is 13.6. The molecule has 0 radical (unpaired) electrons. The number of H-pyrrole nitrogens is 1. The zero-order valence-corrected chi connectivity index (χ0v) is 10.5. The number of nitrogens with one attached hydrogen (secondary N) is 1. The highest BCUT2D eigenvalue weighted by Crippen LogP contribution is 2.25. The number of aromatic nitrogens is 3. The van der Waals surface area contributed by atoms with Crippen LogP contribution in [0.2, 0.25) is 0 Å². The van der Waals surface area contributed by atoms with Gasteiger partial charge < -0.3 is 9.55 Å². The average molecular weight is 256 g/mol. The molecular formula is C13H12N4O2. The summed E-state index contributed by atoms with van der Waals surface area (Å²) in [5.74, 6) is 0.635. The Balaban J connectivity index is 2.16. The fraction of sp³-hybridized carbons (Fsp3) is 0.154. The van der Waals surface area contributed by atoms with Gasteiger partial charge in [0, 0.05) is 13.1 Å². The first-order valence-corrected chi connectivity index (χ1v) is 5.82. The summed E-state index contributed by atoms with van der Waals surface area (Å²) in [5, 5.41) is 10.8. The van der Waals surface area contributed by atoms with Gasteiger partial charge in [-0.1, -0.05) is 6.07 Å². The third-order valence-electron chi connectivity index (χ3n) is 3.08. The Morgan fingerprint density at radius 3 is 2.84 bits per heavy atom. The fourth-order valence-corrected chi connectivity index (χ4v) is 2.13. The van der Waals surface area contributed by atoms with Crippen LogP contribution < -0.4 is 0 Å². The van der Waals surface area contributed by atoms with E-state index >= 15 is 0 Å². The molecule has 2 heterocycles. The zero-order valence-electron chi connectivity index (χ0n) is 10.5. The molecule has 0 atom stereocenters. The predicted octanol–water partition coefficient (Wildman–Crippen LogP) is 2.79. The van der Waals surface area contributed by atoms with Crippen molar-refractivity contribution in [3.05, 3.63) is 46.1 Å². The second-order valence-corrected chi connectivity index (χ2v) is 4.56. The Kier molecular flexibility index (Phi) is 2.38. The Morgan fingerprint density at radius 2 is 2.16 bits per heavy atom. The minimum atomic E-state index is -0.406. The van der Waals surface area contributed by atoms with Crippen LogP contribution in [0.1, 0.15) is 5.56 Å². The van der Waals surface area contributed by atoms with Crippen LogP contribution in [-0.4, -0.2) is 19.5 Å². The maximum Gasteiger partial charge on any atom is 0.287 e. The minimum Gasteiger partial charge on any atom is -0.342 e. The number of rotatable bonds is 2. The van der Waals surface area contributed by atoms with Crippen molar-refractivity contribution >= 4 is 16.7 Å². The summed E-state index contributed by atoms with van der Waals surface area (Å²) in [5.41, 5.74) is 3.68. The van der Waals surface area contributed by atoms with Gasteiger partial charge in [0.1, 0.15) is 0 Å². The Morgan fingerprint density at radius 1 is 1.37 bits per heavy atom. The molecule has 0 aliphatic heterocycles. The van der Waals surface area contributed by atoms with Crippen LogP contribution in [0, 0.1) is 17.0 Å². The monoisotopic (exact) mass is 256 g/mol. The Hall–Kier alpha value is -2.63. The van der Waals surface area contributed by atoms with E-state index in [9.17, 15) is 10.1 Å². The van der Waals surface area contributed by atoms with Crippen LogP contribution >= 0.6 is 0 Å². The van der Waals surface area contributed by atoms with Crippen molar-refractivity contribution in [3.8, 4) is 11.5 Å². The lowest BCUT2D eigenvalue weighted by Crippen LogP contribution is -1.90. The fourth-order valence-electron chi connectivity index (χ4n) is 2.13. The van der Waals surface area contributed by atoms with E-state index in [2.05, 4.69) is 9.97 Å². The standard InChI is InChI=1S/C13H12N4O2/c1-8-3-4-10-11(5-8)15-13(14-10)12-6-9(17(18)19)7-16(12)2/h3-7H,1-2H3,(H,14,15). The first-order valence-electron chi connectivity index (χ1n) is 5.82. The van der Waals surface area contributed by atoms with Crippen LogP contribution in [-0.2, 0) is 7.05 Å². The highest BCUT2D eigenvalue weighted by molar-refractivity contribution is 5.79. The summed E-state index contributed by atoms with van der Waals surface area (Å²) in [4.78, 5) is 18.0. The van der Waals surface area contributed by atoms with Crippen molar-refractivity contribution in [2.45, 2.75) is 6.92 Å². The first-order chi connectivity index (χ1) is 9.04. The van der Waals surface area contributed by atoms with Gasteiger partial charge >= 0.3 is 0 Å². The number of aryl methyl sites for hydroxylation is 2. The number of imidazole rings is 1. The number of nitrogens with zero attached hydrogens (tertiary/aromatic N) is 3. The van der Waals surface area contributed by atoms with Crippen molar-refractivity contribution in [2.24, 2.45) is 7.05 Å². The van der Waals surface area contributed by atoms with Gasteiger partial charge in [-0.3, -0.25) is 10.1 Å². The van der Waals surface area contributed by atoms with Crippen molar-refractivity contribution in [1.29, 1.82) is 0 Å². The summed E-state index contributed by atoms with van der Waals surface area (Å²) < 4.78 is 1.70. The molecule has 6 heteroatoms. The van der Waals surface area contributed by atoms with Crippen LogP contribution in [0.4, 0.5) is 5.69 Å². The van der Waals surface area contributed by atoms with Gasteiger partial charge in [0.2, 0.25) is 0 Å². The van der Waals surface area contributed by atoms with Crippen LogP contribution in [0.3, 0.4) is 0 Å². The summed E-state index contributed by atoms with van der Waals surface area (Å²) in [6.07, 6.45) is 1.48. The van der Waals surface area contributed by atoms with E-state index in [0.29, 0.717) is 11.5 Å². The van der Waals surface area contributed by atoms with E-state index in [1.807, 2.05) is 25.1 Å². The SMILES string of the molecule is Cc1ccc2nc(-c3cc([N+](=O)[O-])cn3C)[nH]c2c1. The molecule has 0 fully saturated rings. The van der Waals surface area contributed by atoms with Gasteiger partial charge in [-0.05, 0) is 24.6 Å². The molecule has 2 aromatic heterocycles. The molecule has 0 saturated heterocycles. The Bertz CT molecular complexity index is 785. The van der Waals surface area contributed by atoms with E-state index in [1.54, 1.807) is 11.6 Å². The van der Waals surface area contributed by atoms with E-state index in [-0.39, 0.29) is 5.69 Å². The molecule has 0 unspecified atom stereocenters. The lowest BCUT2D eigenvalue weighted by molar-refractivity contribution is -0.384. The third kappa shape index (κ3) is 1.87. The number of nitro groups is 1. The van der Waals surface area contributed by atoms with Crippen LogP contribution in [0.25, 0.3) is 22.6 Å². The van der Waals surface area contributed by atoms with Crippen molar-refractivity contribution in [1.82, 2.24) is 14.5 Å². The highest BCUT2D eigenvalue weighted by Gasteiger charge is 2.15. The quantitative estimate of drug-likeness (QED) is 0.565. The molecule has 1 N–H and O–H groups in total. The number of hydrogen-bond donors (Lipinski definition) is 1. The summed E-state index contributed by atoms with van der Waals surface area (Å²) in [6.45, 7) is 2.01. The molecule has 0 aliphatic rings. The first kappa shape index (κ1) is 11.5. The van der Waals surface area contributed by atoms with Gasteiger partial charge in [0.25, 0.3) is 5.69 Å². The minimum absolute atomic E-state index is 0.0640. The van der Waals surface area contributed by atoms with Gasteiger partial charge in [-0.25, -0.2) is 4.98 Å².